The van der Waals surface area contributed by atoms with Crippen molar-refractivity contribution >= 4 is 33.4 Å². The highest BCUT2D eigenvalue weighted by atomic mass is 127. The van der Waals surface area contributed by atoms with Crippen molar-refractivity contribution in [1.29, 1.82) is 0 Å². The lowest BCUT2D eigenvalue weighted by molar-refractivity contribution is 0.406. The summed E-state index contributed by atoms with van der Waals surface area (Å²) < 4.78 is 1.30. The number of hydrogen-bond donors (Lipinski definition) is 0. The van der Waals surface area contributed by atoms with E-state index in [2.05, 4.69) is 124 Å². The lowest BCUT2D eigenvalue weighted by atomic mass is 9.71. The number of allylic oxidation sites excluding steroid dienone is 2. The SMILES string of the molecule is C/C=C\C(C)C(C)(C)c1cc(-c2ccc(I)c3ccccc23)ccc1CC. The van der Waals surface area contributed by atoms with E-state index in [1.807, 2.05) is 0 Å². The number of rotatable bonds is 5. The Morgan fingerprint density at radius 2 is 1.70 bits per heavy atom. The molecule has 1 atom stereocenters. The zero-order valence-corrected chi connectivity index (χ0v) is 19.2. The van der Waals surface area contributed by atoms with Crippen molar-refractivity contribution in [2.75, 3.05) is 0 Å². The molecule has 0 amide bonds. The third kappa shape index (κ3) is 3.85. The molecule has 3 rings (SSSR count). The van der Waals surface area contributed by atoms with Gasteiger partial charge in [0.05, 0.1) is 0 Å². The van der Waals surface area contributed by atoms with Crippen LogP contribution >= 0.6 is 22.6 Å². The number of fused-ring (bicyclic) bond motifs is 1. The van der Waals surface area contributed by atoms with Gasteiger partial charge in [-0.2, -0.15) is 0 Å². The highest BCUT2D eigenvalue weighted by Crippen LogP contribution is 2.39. The van der Waals surface area contributed by atoms with Crippen molar-refractivity contribution in [2.45, 2.75) is 46.5 Å². The van der Waals surface area contributed by atoms with Crippen LogP contribution in [0.3, 0.4) is 0 Å². The summed E-state index contributed by atoms with van der Waals surface area (Å²) in [6, 6.07) is 20.3. The summed E-state index contributed by atoms with van der Waals surface area (Å²) in [5, 5.41) is 2.66. The molecule has 0 aromatic heterocycles. The fourth-order valence-corrected chi connectivity index (χ4v) is 4.59. The minimum atomic E-state index is 0.0901. The van der Waals surface area contributed by atoms with Gasteiger partial charge < -0.3 is 0 Å². The fourth-order valence-electron chi connectivity index (χ4n) is 3.94. The van der Waals surface area contributed by atoms with E-state index in [0.717, 1.165) is 6.42 Å². The predicted octanol–water partition coefficient (Wildman–Crippen LogP) is 8.16. The third-order valence-electron chi connectivity index (χ3n) is 5.99. The van der Waals surface area contributed by atoms with Crippen molar-refractivity contribution in [1.82, 2.24) is 0 Å². The molecule has 0 bridgehead atoms. The van der Waals surface area contributed by atoms with Gasteiger partial charge in [0.15, 0.2) is 0 Å². The van der Waals surface area contributed by atoms with Gasteiger partial charge in [0.25, 0.3) is 0 Å². The molecule has 0 aliphatic carbocycles. The van der Waals surface area contributed by atoms with Crippen LogP contribution in [-0.2, 0) is 11.8 Å². The van der Waals surface area contributed by atoms with Gasteiger partial charge in [-0.15, -0.1) is 0 Å². The zero-order chi connectivity index (χ0) is 19.6. The lowest BCUT2D eigenvalue weighted by Crippen LogP contribution is -2.26. The van der Waals surface area contributed by atoms with E-state index in [0.29, 0.717) is 5.92 Å². The summed E-state index contributed by atoms with van der Waals surface area (Å²) in [6.07, 6.45) is 5.57. The van der Waals surface area contributed by atoms with Crippen LogP contribution < -0.4 is 0 Å². The second-order valence-corrected chi connectivity index (χ2v) is 9.06. The Morgan fingerprint density at radius 3 is 2.37 bits per heavy atom. The zero-order valence-electron chi connectivity index (χ0n) is 17.0. The van der Waals surface area contributed by atoms with E-state index in [1.54, 1.807) is 0 Å². The first-order valence-corrected chi connectivity index (χ1v) is 10.9. The number of hydrogen-bond acceptors (Lipinski definition) is 0. The summed E-state index contributed by atoms with van der Waals surface area (Å²) >= 11 is 2.44. The van der Waals surface area contributed by atoms with E-state index in [4.69, 9.17) is 0 Å². The van der Waals surface area contributed by atoms with Gasteiger partial charge in [-0.05, 0) is 86.4 Å². The van der Waals surface area contributed by atoms with E-state index < -0.39 is 0 Å². The molecule has 1 unspecified atom stereocenters. The summed E-state index contributed by atoms with van der Waals surface area (Å²) in [4.78, 5) is 0. The average molecular weight is 468 g/mol. The molecule has 0 radical (unpaired) electrons. The normalized spacial score (nSPS) is 13.4. The van der Waals surface area contributed by atoms with Crippen molar-refractivity contribution in [3.05, 3.63) is 81.4 Å². The molecule has 3 aromatic rings. The Morgan fingerprint density at radius 1 is 1.00 bits per heavy atom. The van der Waals surface area contributed by atoms with Gasteiger partial charge in [0.2, 0.25) is 0 Å². The second-order valence-electron chi connectivity index (χ2n) is 7.90. The quantitative estimate of drug-likeness (QED) is 0.262. The largest absolute Gasteiger partial charge is 0.0914 e. The summed E-state index contributed by atoms with van der Waals surface area (Å²) in [7, 11) is 0. The van der Waals surface area contributed by atoms with E-state index in [1.165, 1.54) is 36.6 Å². The Balaban J connectivity index is 2.22. The van der Waals surface area contributed by atoms with Crippen LogP contribution in [0.4, 0.5) is 0 Å². The first kappa shape index (κ1) is 20.1. The van der Waals surface area contributed by atoms with Crippen LogP contribution in [0, 0.1) is 9.49 Å². The summed E-state index contributed by atoms with van der Waals surface area (Å²) in [5.74, 6) is 0.483. The lowest BCUT2D eigenvalue weighted by Gasteiger charge is -2.33. The fraction of sp³-hybridized carbons (Fsp3) is 0.308. The standard InChI is InChI=1S/C26H29I/c1-6-10-18(3)26(4,5)24-17-20(14-13-19(24)7-2)21-15-16-25(27)23-12-9-8-11-22(21)23/h6,8-18H,7H2,1-5H3/b10-6-. The number of benzene rings is 3. The minimum absolute atomic E-state index is 0.0901. The van der Waals surface area contributed by atoms with Gasteiger partial charge in [0.1, 0.15) is 0 Å². The molecule has 0 saturated heterocycles. The smallest absolute Gasteiger partial charge is 0.0209 e. The van der Waals surface area contributed by atoms with E-state index in [-0.39, 0.29) is 5.41 Å². The molecule has 3 aromatic carbocycles. The summed E-state index contributed by atoms with van der Waals surface area (Å²) in [5.41, 5.74) is 5.65. The van der Waals surface area contributed by atoms with Crippen molar-refractivity contribution in [2.24, 2.45) is 5.92 Å². The summed E-state index contributed by atoms with van der Waals surface area (Å²) in [6.45, 7) is 11.5. The molecule has 0 saturated carbocycles. The van der Waals surface area contributed by atoms with Gasteiger partial charge in [-0.1, -0.05) is 88.4 Å². The van der Waals surface area contributed by atoms with Crippen LogP contribution in [-0.4, -0.2) is 0 Å². The van der Waals surface area contributed by atoms with Crippen molar-refractivity contribution in [3.63, 3.8) is 0 Å². The highest BCUT2D eigenvalue weighted by Gasteiger charge is 2.28. The maximum atomic E-state index is 2.44. The Hall–Kier alpha value is -1.61. The first-order chi connectivity index (χ1) is 12.9. The molecule has 0 fully saturated rings. The Labute approximate surface area is 177 Å². The van der Waals surface area contributed by atoms with Crippen LogP contribution in [0.2, 0.25) is 0 Å². The molecule has 1 heteroatoms. The van der Waals surface area contributed by atoms with E-state index in [9.17, 15) is 0 Å². The van der Waals surface area contributed by atoms with Gasteiger partial charge >= 0.3 is 0 Å². The third-order valence-corrected chi connectivity index (χ3v) is 6.93. The molecule has 0 aliphatic rings. The molecular formula is C26H29I. The van der Waals surface area contributed by atoms with Crippen LogP contribution in [0.1, 0.15) is 45.7 Å². The van der Waals surface area contributed by atoms with Crippen LogP contribution in [0.5, 0.6) is 0 Å². The second kappa shape index (κ2) is 8.18. The van der Waals surface area contributed by atoms with Gasteiger partial charge in [0, 0.05) is 3.57 Å². The van der Waals surface area contributed by atoms with Crippen LogP contribution in [0.25, 0.3) is 21.9 Å². The Kier molecular flexibility index (Phi) is 6.10. The van der Waals surface area contributed by atoms with Crippen molar-refractivity contribution < 1.29 is 0 Å². The molecule has 0 heterocycles. The maximum Gasteiger partial charge on any atom is 0.0209 e. The molecular weight excluding hydrogens is 439 g/mol. The Bertz CT molecular complexity index is 979. The number of aryl methyl sites for hydroxylation is 1. The topological polar surface area (TPSA) is 0 Å². The molecule has 0 spiro atoms. The monoisotopic (exact) mass is 468 g/mol. The van der Waals surface area contributed by atoms with Crippen LogP contribution in [0.15, 0.2) is 66.7 Å². The van der Waals surface area contributed by atoms with Gasteiger partial charge in [-0.25, -0.2) is 0 Å². The number of halogens is 1. The van der Waals surface area contributed by atoms with Crippen molar-refractivity contribution in [3.8, 4) is 11.1 Å². The maximum absolute atomic E-state index is 2.44. The molecule has 27 heavy (non-hydrogen) atoms. The van der Waals surface area contributed by atoms with E-state index >= 15 is 0 Å². The average Bonchev–Trinajstić information content (AvgIpc) is 2.68. The first-order valence-electron chi connectivity index (χ1n) is 9.84. The molecule has 0 N–H and O–H groups in total. The minimum Gasteiger partial charge on any atom is -0.0914 e. The molecule has 140 valence electrons. The highest BCUT2D eigenvalue weighted by molar-refractivity contribution is 14.1. The molecule has 0 nitrogen and oxygen atoms in total. The molecule has 0 aliphatic heterocycles. The predicted molar refractivity (Wildman–Crippen MR) is 128 cm³/mol. The van der Waals surface area contributed by atoms with Gasteiger partial charge in [-0.3, -0.25) is 0 Å².